The molecule has 160 valence electrons. The summed E-state index contributed by atoms with van der Waals surface area (Å²) in [5, 5.41) is 0. The number of urea groups is 1. The molecule has 0 N–H and O–H groups in total. The van der Waals surface area contributed by atoms with E-state index in [-0.39, 0.29) is 17.9 Å². The minimum absolute atomic E-state index is 0.0288. The second-order valence-corrected chi connectivity index (χ2v) is 8.63. The van der Waals surface area contributed by atoms with Gasteiger partial charge < -0.3 is 9.80 Å². The third-order valence-electron chi connectivity index (χ3n) is 6.50. The van der Waals surface area contributed by atoms with E-state index in [1.54, 1.807) is 6.07 Å². The SMILES string of the molecule is CC[C@@H](c1cc(C)ccc1F)N1CCN(CCCc2ccc3c(n2)CCCC3)C1=O. The quantitative estimate of drug-likeness (QED) is 0.628. The lowest BCUT2D eigenvalue weighted by Crippen LogP contribution is -2.35. The molecule has 5 heteroatoms. The second kappa shape index (κ2) is 9.15. The van der Waals surface area contributed by atoms with Gasteiger partial charge in [-0.05, 0) is 69.6 Å². The van der Waals surface area contributed by atoms with Crippen LogP contribution < -0.4 is 0 Å². The molecule has 4 nitrogen and oxygen atoms in total. The van der Waals surface area contributed by atoms with Crippen LogP contribution in [-0.2, 0) is 19.3 Å². The number of halogens is 1. The zero-order chi connectivity index (χ0) is 21.1. The second-order valence-electron chi connectivity index (χ2n) is 8.63. The van der Waals surface area contributed by atoms with Crippen molar-refractivity contribution in [2.24, 2.45) is 0 Å². The van der Waals surface area contributed by atoms with E-state index in [0.717, 1.165) is 43.5 Å². The number of hydrogen-bond acceptors (Lipinski definition) is 2. The van der Waals surface area contributed by atoms with Crippen LogP contribution in [0.15, 0.2) is 30.3 Å². The van der Waals surface area contributed by atoms with Crippen molar-refractivity contribution in [3.63, 3.8) is 0 Å². The molecule has 0 unspecified atom stereocenters. The van der Waals surface area contributed by atoms with Crippen LogP contribution >= 0.6 is 0 Å². The molecule has 1 aromatic carbocycles. The molecule has 1 aliphatic carbocycles. The summed E-state index contributed by atoms with van der Waals surface area (Å²) >= 11 is 0. The number of fused-ring (bicyclic) bond motifs is 1. The molecule has 0 radical (unpaired) electrons. The van der Waals surface area contributed by atoms with Crippen molar-refractivity contribution >= 4 is 6.03 Å². The number of amides is 2. The lowest BCUT2D eigenvalue weighted by atomic mass is 9.95. The summed E-state index contributed by atoms with van der Waals surface area (Å²) in [6.07, 6.45) is 7.26. The fourth-order valence-corrected chi connectivity index (χ4v) is 4.84. The van der Waals surface area contributed by atoms with Gasteiger partial charge in [-0.3, -0.25) is 4.98 Å². The minimum atomic E-state index is -0.225. The van der Waals surface area contributed by atoms with Gasteiger partial charge in [0.25, 0.3) is 0 Å². The lowest BCUT2D eigenvalue weighted by Gasteiger charge is -2.28. The van der Waals surface area contributed by atoms with Crippen molar-refractivity contribution in [2.75, 3.05) is 19.6 Å². The fourth-order valence-electron chi connectivity index (χ4n) is 4.84. The summed E-state index contributed by atoms with van der Waals surface area (Å²) in [5.41, 5.74) is 5.46. The van der Waals surface area contributed by atoms with Crippen molar-refractivity contribution in [1.82, 2.24) is 14.8 Å². The van der Waals surface area contributed by atoms with Gasteiger partial charge in [-0.1, -0.05) is 30.7 Å². The summed E-state index contributed by atoms with van der Waals surface area (Å²) < 4.78 is 14.4. The number of rotatable bonds is 7. The highest BCUT2D eigenvalue weighted by atomic mass is 19.1. The van der Waals surface area contributed by atoms with Crippen LogP contribution in [0.4, 0.5) is 9.18 Å². The highest BCUT2D eigenvalue weighted by Crippen LogP contribution is 2.30. The molecule has 1 aliphatic heterocycles. The van der Waals surface area contributed by atoms with Crippen molar-refractivity contribution < 1.29 is 9.18 Å². The monoisotopic (exact) mass is 409 g/mol. The van der Waals surface area contributed by atoms with E-state index in [2.05, 4.69) is 12.1 Å². The predicted octanol–water partition coefficient (Wildman–Crippen LogP) is 5.23. The van der Waals surface area contributed by atoms with E-state index in [0.29, 0.717) is 25.1 Å². The van der Waals surface area contributed by atoms with Crippen molar-refractivity contribution in [3.8, 4) is 0 Å². The Kier molecular flexibility index (Phi) is 6.35. The van der Waals surface area contributed by atoms with Gasteiger partial charge in [0.15, 0.2) is 0 Å². The first-order valence-corrected chi connectivity index (χ1v) is 11.4. The number of aryl methyl sites for hydroxylation is 4. The predicted molar refractivity (Wildman–Crippen MR) is 117 cm³/mol. The molecule has 2 aromatic rings. The summed E-state index contributed by atoms with van der Waals surface area (Å²) in [5.74, 6) is -0.225. The average molecular weight is 410 g/mol. The number of hydrogen-bond donors (Lipinski definition) is 0. The van der Waals surface area contributed by atoms with Crippen molar-refractivity contribution in [3.05, 3.63) is 64.2 Å². The molecular formula is C25H32FN3O. The number of nitrogens with zero attached hydrogens (tertiary/aromatic N) is 3. The molecule has 2 heterocycles. The Labute approximate surface area is 179 Å². The Hall–Kier alpha value is -2.43. The first-order chi connectivity index (χ1) is 14.6. The van der Waals surface area contributed by atoms with Gasteiger partial charge in [0.2, 0.25) is 0 Å². The van der Waals surface area contributed by atoms with Crippen LogP contribution in [0.1, 0.15) is 66.7 Å². The molecule has 1 atom stereocenters. The van der Waals surface area contributed by atoms with Gasteiger partial charge in [0.05, 0.1) is 6.04 Å². The molecule has 30 heavy (non-hydrogen) atoms. The molecule has 0 spiro atoms. The largest absolute Gasteiger partial charge is 0.323 e. The molecule has 2 aliphatic rings. The van der Waals surface area contributed by atoms with Gasteiger partial charge in [0.1, 0.15) is 5.82 Å². The number of carbonyl (C=O) groups is 1. The normalized spacial score (nSPS) is 17.4. The third kappa shape index (κ3) is 4.35. The van der Waals surface area contributed by atoms with Crippen LogP contribution in [0.25, 0.3) is 0 Å². The van der Waals surface area contributed by atoms with Gasteiger partial charge in [-0.15, -0.1) is 0 Å². The number of benzene rings is 1. The van der Waals surface area contributed by atoms with Crippen LogP contribution in [0, 0.1) is 12.7 Å². The van der Waals surface area contributed by atoms with Crippen LogP contribution in [-0.4, -0.2) is 40.4 Å². The van der Waals surface area contributed by atoms with Crippen molar-refractivity contribution in [1.29, 1.82) is 0 Å². The molecule has 4 rings (SSSR count). The minimum Gasteiger partial charge on any atom is -0.323 e. The first kappa shape index (κ1) is 20.8. The Morgan fingerprint density at radius 2 is 1.97 bits per heavy atom. The molecule has 1 saturated heterocycles. The van der Waals surface area contributed by atoms with E-state index in [4.69, 9.17) is 4.98 Å². The first-order valence-electron chi connectivity index (χ1n) is 11.4. The van der Waals surface area contributed by atoms with E-state index < -0.39 is 0 Å². The highest BCUT2D eigenvalue weighted by Gasteiger charge is 2.34. The maximum Gasteiger partial charge on any atom is 0.320 e. The maximum atomic E-state index is 14.4. The fraction of sp³-hybridized carbons (Fsp3) is 0.520. The number of aromatic nitrogens is 1. The molecule has 2 amide bonds. The molecule has 0 bridgehead atoms. The Bertz CT molecular complexity index is 913. The summed E-state index contributed by atoms with van der Waals surface area (Å²) in [6, 6.07) is 9.38. The van der Waals surface area contributed by atoms with Crippen LogP contribution in [0.5, 0.6) is 0 Å². The number of carbonyl (C=O) groups excluding carboxylic acids is 1. The topological polar surface area (TPSA) is 36.4 Å². The molecule has 1 fully saturated rings. The summed E-state index contributed by atoms with van der Waals surface area (Å²) in [6.45, 7) is 6.07. The van der Waals surface area contributed by atoms with Gasteiger partial charge in [-0.25, -0.2) is 9.18 Å². The standard InChI is InChI=1S/C25H32FN3O/c1-3-24(21-17-18(2)10-13-22(21)26)29-16-15-28(25(29)30)14-6-8-20-12-11-19-7-4-5-9-23(19)27-20/h10-13,17,24H,3-9,14-16H2,1-2H3/t24-/m0/s1. The average Bonchev–Trinajstić information content (AvgIpc) is 3.11. The van der Waals surface area contributed by atoms with Gasteiger partial charge in [-0.2, -0.15) is 0 Å². The van der Waals surface area contributed by atoms with Gasteiger partial charge in [0, 0.05) is 36.6 Å². The number of pyridine rings is 1. The third-order valence-corrected chi connectivity index (χ3v) is 6.50. The zero-order valence-electron chi connectivity index (χ0n) is 18.2. The highest BCUT2D eigenvalue weighted by molar-refractivity contribution is 5.77. The van der Waals surface area contributed by atoms with Crippen LogP contribution in [0.2, 0.25) is 0 Å². The maximum absolute atomic E-state index is 14.4. The smallest absolute Gasteiger partial charge is 0.320 e. The van der Waals surface area contributed by atoms with E-state index >= 15 is 0 Å². The van der Waals surface area contributed by atoms with E-state index in [9.17, 15) is 9.18 Å². The summed E-state index contributed by atoms with van der Waals surface area (Å²) in [4.78, 5) is 21.6. The lowest BCUT2D eigenvalue weighted by molar-refractivity contribution is 0.174. The Morgan fingerprint density at radius 1 is 1.13 bits per heavy atom. The van der Waals surface area contributed by atoms with E-state index in [1.807, 2.05) is 29.7 Å². The van der Waals surface area contributed by atoms with Crippen LogP contribution in [0.3, 0.4) is 0 Å². The van der Waals surface area contributed by atoms with Crippen molar-refractivity contribution in [2.45, 2.75) is 64.8 Å². The Morgan fingerprint density at radius 3 is 2.80 bits per heavy atom. The summed E-state index contributed by atoms with van der Waals surface area (Å²) in [7, 11) is 0. The molecular weight excluding hydrogens is 377 g/mol. The van der Waals surface area contributed by atoms with E-state index in [1.165, 1.54) is 30.2 Å². The Balaban J connectivity index is 1.35. The molecule has 1 aromatic heterocycles. The zero-order valence-corrected chi connectivity index (χ0v) is 18.2. The molecule has 0 saturated carbocycles. The van der Waals surface area contributed by atoms with Gasteiger partial charge >= 0.3 is 6.03 Å².